The monoisotopic (exact) mass is 447 g/mol. The van der Waals surface area contributed by atoms with Crippen molar-refractivity contribution in [1.82, 2.24) is 0 Å². The predicted molar refractivity (Wildman–Crippen MR) is 120 cm³/mol. The molecule has 1 N–H and O–H groups in total. The van der Waals surface area contributed by atoms with Gasteiger partial charge in [0.1, 0.15) is 11.5 Å². The quantitative estimate of drug-likeness (QED) is 0.416. The molecule has 0 heterocycles. The molecule has 29 heavy (non-hydrogen) atoms. The Morgan fingerprint density at radius 3 is 2.21 bits per heavy atom. The molecule has 0 saturated carbocycles. The number of ether oxygens (including phenoxy) is 2. The van der Waals surface area contributed by atoms with Crippen LogP contribution >= 0.6 is 35.0 Å². The van der Waals surface area contributed by atoms with Crippen LogP contribution < -0.4 is 14.8 Å². The number of thioether (sulfide) groups is 1. The normalized spacial score (nSPS) is 10.5. The van der Waals surface area contributed by atoms with Crippen molar-refractivity contribution in [1.29, 1.82) is 0 Å². The molecule has 0 aromatic heterocycles. The highest BCUT2D eigenvalue weighted by molar-refractivity contribution is 7.98. The van der Waals surface area contributed by atoms with Crippen molar-refractivity contribution in [2.45, 2.75) is 10.6 Å². The van der Waals surface area contributed by atoms with E-state index in [0.717, 1.165) is 21.2 Å². The first-order valence-corrected chi connectivity index (χ1v) is 10.4. The van der Waals surface area contributed by atoms with E-state index in [-0.39, 0.29) is 5.91 Å². The molecule has 0 spiro atoms. The minimum atomic E-state index is -0.246. The minimum Gasteiger partial charge on any atom is -0.495 e. The Balaban J connectivity index is 1.66. The van der Waals surface area contributed by atoms with Gasteiger partial charge in [-0.25, -0.2) is 0 Å². The standard InChI is InChI=1S/C22H19Cl2NO3S/c1-27-20-12-19(21(28-2)11-18(20)24)25-22(26)15-5-3-14(4-6-15)13-29-17-9-7-16(23)8-10-17/h3-12H,13H2,1-2H3,(H,25,26). The Morgan fingerprint density at radius 1 is 0.931 bits per heavy atom. The molecule has 7 heteroatoms. The topological polar surface area (TPSA) is 47.6 Å². The van der Waals surface area contributed by atoms with Crippen LogP contribution in [0.5, 0.6) is 11.5 Å². The van der Waals surface area contributed by atoms with Gasteiger partial charge in [0, 0.05) is 33.4 Å². The highest BCUT2D eigenvalue weighted by atomic mass is 35.5. The van der Waals surface area contributed by atoms with Crippen LogP contribution in [0.3, 0.4) is 0 Å². The van der Waals surface area contributed by atoms with Gasteiger partial charge in [-0.05, 0) is 42.0 Å². The first kappa shape index (κ1) is 21.4. The molecule has 1 amide bonds. The van der Waals surface area contributed by atoms with Gasteiger partial charge in [0.25, 0.3) is 5.91 Å². The highest BCUT2D eigenvalue weighted by Gasteiger charge is 2.14. The molecule has 0 aliphatic heterocycles. The van der Waals surface area contributed by atoms with Crippen LogP contribution in [0.1, 0.15) is 15.9 Å². The molecule has 3 aromatic rings. The summed E-state index contributed by atoms with van der Waals surface area (Å²) in [6.45, 7) is 0. The lowest BCUT2D eigenvalue weighted by molar-refractivity contribution is 0.102. The van der Waals surface area contributed by atoms with E-state index >= 15 is 0 Å². The first-order chi connectivity index (χ1) is 14.0. The van der Waals surface area contributed by atoms with E-state index in [0.29, 0.717) is 27.8 Å². The van der Waals surface area contributed by atoms with Crippen LogP contribution in [0.15, 0.2) is 65.6 Å². The van der Waals surface area contributed by atoms with Crippen LogP contribution in [0.4, 0.5) is 5.69 Å². The number of rotatable bonds is 7. The lowest BCUT2D eigenvalue weighted by Crippen LogP contribution is -2.12. The van der Waals surface area contributed by atoms with Gasteiger partial charge in [0.2, 0.25) is 0 Å². The highest BCUT2D eigenvalue weighted by Crippen LogP contribution is 2.36. The molecule has 0 fully saturated rings. The van der Waals surface area contributed by atoms with Crippen molar-refractivity contribution >= 4 is 46.6 Å². The maximum atomic E-state index is 12.6. The maximum Gasteiger partial charge on any atom is 0.255 e. The molecule has 150 valence electrons. The van der Waals surface area contributed by atoms with Gasteiger partial charge < -0.3 is 14.8 Å². The summed E-state index contributed by atoms with van der Waals surface area (Å²) in [6.07, 6.45) is 0. The van der Waals surface area contributed by atoms with E-state index < -0.39 is 0 Å². The number of hydrogen-bond acceptors (Lipinski definition) is 4. The molecular weight excluding hydrogens is 429 g/mol. The van der Waals surface area contributed by atoms with E-state index in [1.54, 1.807) is 36.0 Å². The first-order valence-electron chi connectivity index (χ1n) is 8.70. The fourth-order valence-electron chi connectivity index (χ4n) is 2.60. The Morgan fingerprint density at radius 2 is 1.59 bits per heavy atom. The summed E-state index contributed by atoms with van der Waals surface area (Å²) in [6, 6.07) is 18.4. The van der Waals surface area contributed by atoms with Gasteiger partial charge in [-0.15, -0.1) is 11.8 Å². The minimum absolute atomic E-state index is 0.246. The number of benzene rings is 3. The van der Waals surface area contributed by atoms with E-state index in [2.05, 4.69) is 5.32 Å². The van der Waals surface area contributed by atoms with Gasteiger partial charge in [0.15, 0.2) is 0 Å². The summed E-state index contributed by atoms with van der Waals surface area (Å²) in [7, 11) is 3.03. The van der Waals surface area contributed by atoms with Crippen molar-refractivity contribution in [2.75, 3.05) is 19.5 Å². The predicted octanol–water partition coefficient (Wildman–Crippen LogP) is 6.56. The Hall–Kier alpha value is -2.34. The number of nitrogens with one attached hydrogen (secondary N) is 1. The molecule has 0 radical (unpaired) electrons. The molecular formula is C22H19Cl2NO3S. The van der Waals surface area contributed by atoms with Gasteiger partial charge in [-0.3, -0.25) is 4.79 Å². The third-order valence-electron chi connectivity index (χ3n) is 4.16. The molecule has 0 atom stereocenters. The lowest BCUT2D eigenvalue weighted by Gasteiger charge is -2.13. The van der Waals surface area contributed by atoms with Crippen LogP contribution in [-0.2, 0) is 5.75 Å². The SMILES string of the molecule is COc1cc(NC(=O)c2ccc(CSc3ccc(Cl)cc3)cc2)c(OC)cc1Cl. The number of hydrogen-bond donors (Lipinski definition) is 1. The van der Waals surface area contributed by atoms with E-state index in [4.69, 9.17) is 32.7 Å². The number of amides is 1. The summed E-state index contributed by atoms with van der Waals surface area (Å²) < 4.78 is 10.5. The molecule has 0 saturated heterocycles. The second-order valence-electron chi connectivity index (χ2n) is 6.08. The summed E-state index contributed by atoms with van der Waals surface area (Å²) in [4.78, 5) is 13.8. The van der Waals surface area contributed by atoms with Crippen molar-refractivity contribution in [3.8, 4) is 11.5 Å². The number of halogens is 2. The second kappa shape index (κ2) is 9.92. The largest absolute Gasteiger partial charge is 0.495 e. The Labute approximate surface area is 184 Å². The molecule has 4 nitrogen and oxygen atoms in total. The number of anilines is 1. The van der Waals surface area contributed by atoms with Gasteiger partial charge in [-0.2, -0.15) is 0 Å². The summed E-state index contributed by atoms with van der Waals surface area (Å²) in [5.74, 6) is 1.47. The molecule has 0 aliphatic carbocycles. The van der Waals surface area contributed by atoms with Gasteiger partial charge >= 0.3 is 0 Å². The smallest absolute Gasteiger partial charge is 0.255 e. The maximum absolute atomic E-state index is 12.6. The zero-order valence-corrected chi connectivity index (χ0v) is 18.2. The number of methoxy groups -OCH3 is 2. The van der Waals surface area contributed by atoms with Crippen molar-refractivity contribution in [2.24, 2.45) is 0 Å². The van der Waals surface area contributed by atoms with Gasteiger partial charge in [-0.1, -0.05) is 35.3 Å². The van der Waals surface area contributed by atoms with Crippen LogP contribution in [-0.4, -0.2) is 20.1 Å². The zero-order chi connectivity index (χ0) is 20.8. The fraction of sp³-hybridized carbons (Fsp3) is 0.136. The van der Waals surface area contributed by atoms with E-state index in [1.165, 1.54) is 14.2 Å². The molecule has 0 unspecified atom stereocenters. The van der Waals surface area contributed by atoms with E-state index in [1.807, 2.05) is 36.4 Å². The van der Waals surface area contributed by atoms with Gasteiger partial charge in [0.05, 0.1) is 24.9 Å². The lowest BCUT2D eigenvalue weighted by atomic mass is 10.1. The van der Waals surface area contributed by atoms with Crippen LogP contribution in [0.2, 0.25) is 10.0 Å². The summed E-state index contributed by atoms with van der Waals surface area (Å²) >= 11 is 13.7. The van der Waals surface area contributed by atoms with Crippen molar-refractivity contribution in [3.63, 3.8) is 0 Å². The van der Waals surface area contributed by atoms with Crippen LogP contribution in [0, 0.1) is 0 Å². The molecule has 3 aromatic carbocycles. The van der Waals surface area contributed by atoms with E-state index in [9.17, 15) is 4.79 Å². The van der Waals surface area contributed by atoms with Crippen molar-refractivity contribution in [3.05, 3.63) is 81.8 Å². The zero-order valence-electron chi connectivity index (χ0n) is 15.9. The Bertz CT molecular complexity index is 992. The number of carbonyl (C=O) groups is 1. The average Bonchev–Trinajstić information content (AvgIpc) is 2.74. The van der Waals surface area contributed by atoms with Crippen LogP contribution in [0.25, 0.3) is 0 Å². The molecule has 0 bridgehead atoms. The molecule has 3 rings (SSSR count). The number of carbonyl (C=O) groups excluding carboxylic acids is 1. The summed E-state index contributed by atoms with van der Waals surface area (Å²) in [5, 5.41) is 3.97. The third-order valence-corrected chi connectivity index (χ3v) is 5.79. The molecule has 0 aliphatic rings. The summed E-state index contributed by atoms with van der Waals surface area (Å²) in [5.41, 5.74) is 2.15. The Kier molecular flexibility index (Phi) is 7.31. The fourth-order valence-corrected chi connectivity index (χ4v) is 3.81. The third kappa shape index (κ3) is 5.60. The second-order valence-corrected chi connectivity index (χ2v) is 7.97. The van der Waals surface area contributed by atoms with Crippen molar-refractivity contribution < 1.29 is 14.3 Å². The average molecular weight is 448 g/mol.